The van der Waals surface area contributed by atoms with Crippen molar-refractivity contribution in [3.63, 3.8) is 0 Å². The predicted molar refractivity (Wildman–Crippen MR) is 83.9 cm³/mol. The first-order valence-electron chi connectivity index (χ1n) is 7.28. The maximum atomic E-state index is 6.18. The Morgan fingerprint density at radius 1 is 1.23 bits per heavy atom. The van der Waals surface area contributed by atoms with Gasteiger partial charge < -0.3 is 9.64 Å². The number of rotatable bonds is 1. The van der Waals surface area contributed by atoms with Crippen LogP contribution in [0, 0.1) is 0 Å². The maximum Gasteiger partial charge on any atom is 0.160 e. The van der Waals surface area contributed by atoms with Gasteiger partial charge in [0, 0.05) is 12.1 Å². The number of fused-ring (bicyclic) bond motifs is 2. The summed E-state index contributed by atoms with van der Waals surface area (Å²) in [5, 5.41) is 7.90. The summed E-state index contributed by atoms with van der Waals surface area (Å²) in [6.45, 7) is 5.67. The van der Waals surface area contributed by atoms with Gasteiger partial charge in [0.25, 0.3) is 0 Å². The lowest BCUT2D eigenvalue weighted by Crippen LogP contribution is -2.41. The largest absolute Gasteiger partial charge is 0.486 e. The highest BCUT2D eigenvalue weighted by Crippen LogP contribution is 2.32. The van der Waals surface area contributed by atoms with Crippen LogP contribution in [0.25, 0.3) is 11.0 Å². The third kappa shape index (κ3) is 2.16. The van der Waals surface area contributed by atoms with Crippen molar-refractivity contribution in [3.05, 3.63) is 42.4 Å². The number of hydrogen-bond acceptors (Lipinski definition) is 5. The van der Waals surface area contributed by atoms with Crippen LogP contribution in [0.15, 0.2) is 36.8 Å². The van der Waals surface area contributed by atoms with Gasteiger partial charge in [0.05, 0.1) is 18.1 Å². The summed E-state index contributed by atoms with van der Waals surface area (Å²) in [6, 6.07) is 8.15. The number of nitrogens with one attached hydrogen (secondary N) is 1. The minimum Gasteiger partial charge on any atom is -0.486 e. The molecule has 1 aliphatic heterocycles. The molecule has 0 aliphatic carbocycles. The molecule has 1 aliphatic rings. The summed E-state index contributed by atoms with van der Waals surface area (Å²) in [6.07, 6.45) is 3.34. The van der Waals surface area contributed by atoms with Crippen LogP contribution in [0.3, 0.4) is 0 Å². The van der Waals surface area contributed by atoms with Gasteiger partial charge in [-0.1, -0.05) is 18.2 Å². The number of hydrogen-bond donors (Lipinski definition) is 1. The van der Waals surface area contributed by atoms with E-state index in [4.69, 9.17) is 4.74 Å². The lowest BCUT2D eigenvalue weighted by atomic mass is 10.1. The Morgan fingerprint density at radius 3 is 3.00 bits per heavy atom. The van der Waals surface area contributed by atoms with Crippen molar-refractivity contribution in [3.8, 4) is 5.75 Å². The predicted octanol–water partition coefficient (Wildman–Crippen LogP) is 2.53. The number of aromatic nitrogens is 4. The van der Waals surface area contributed by atoms with Crippen molar-refractivity contribution in [2.45, 2.75) is 26.0 Å². The lowest BCUT2D eigenvalue weighted by Gasteiger charge is -2.30. The Balaban J connectivity index is 1.83. The van der Waals surface area contributed by atoms with E-state index in [1.54, 1.807) is 12.5 Å². The second-order valence-electron chi connectivity index (χ2n) is 6.16. The molecule has 0 unspecified atom stereocenters. The highest BCUT2D eigenvalue weighted by molar-refractivity contribution is 5.86. The zero-order chi connectivity index (χ0) is 15.2. The molecule has 4 rings (SSSR count). The summed E-state index contributed by atoms with van der Waals surface area (Å²) < 4.78 is 6.18. The minimum atomic E-state index is -0.312. The summed E-state index contributed by atoms with van der Waals surface area (Å²) in [4.78, 5) is 10.9. The standard InChI is InChI=1S/C16H17N5O/c1-16(2)9-21(8-11-5-3-4-6-13(11)22-16)15-12-7-19-20-14(12)17-10-18-15/h3-7,10H,8-9H2,1-2H3,(H,17,18,19,20). The Bertz CT molecular complexity index is 826. The van der Waals surface area contributed by atoms with Gasteiger partial charge in [-0.25, -0.2) is 9.97 Å². The van der Waals surface area contributed by atoms with E-state index in [2.05, 4.69) is 45.0 Å². The normalized spacial score (nSPS) is 16.9. The molecule has 0 fully saturated rings. The number of ether oxygens (including phenoxy) is 1. The summed E-state index contributed by atoms with van der Waals surface area (Å²) in [5.41, 5.74) is 1.60. The van der Waals surface area contributed by atoms with Crippen LogP contribution in [0.4, 0.5) is 5.82 Å². The quantitative estimate of drug-likeness (QED) is 0.747. The number of para-hydroxylation sites is 1. The highest BCUT2D eigenvalue weighted by atomic mass is 16.5. The fourth-order valence-corrected chi connectivity index (χ4v) is 2.94. The van der Waals surface area contributed by atoms with E-state index in [0.29, 0.717) is 0 Å². The average molecular weight is 295 g/mol. The van der Waals surface area contributed by atoms with Gasteiger partial charge in [-0.05, 0) is 19.9 Å². The van der Waals surface area contributed by atoms with Gasteiger partial charge >= 0.3 is 0 Å². The molecule has 0 amide bonds. The molecule has 22 heavy (non-hydrogen) atoms. The molecule has 0 saturated carbocycles. The van der Waals surface area contributed by atoms with Crippen molar-refractivity contribution in [2.24, 2.45) is 0 Å². The Kier molecular flexibility index (Phi) is 2.79. The van der Waals surface area contributed by atoms with Crippen molar-refractivity contribution >= 4 is 16.9 Å². The molecule has 112 valence electrons. The molecule has 2 aromatic heterocycles. The molecule has 6 heteroatoms. The van der Waals surface area contributed by atoms with E-state index in [1.807, 2.05) is 18.2 Å². The van der Waals surface area contributed by atoms with Crippen molar-refractivity contribution < 1.29 is 4.74 Å². The van der Waals surface area contributed by atoms with Crippen molar-refractivity contribution in [2.75, 3.05) is 11.4 Å². The number of anilines is 1. The first-order valence-corrected chi connectivity index (χ1v) is 7.28. The summed E-state index contributed by atoms with van der Waals surface area (Å²) in [7, 11) is 0. The van der Waals surface area contributed by atoms with Gasteiger partial charge in [-0.15, -0.1) is 0 Å². The third-order valence-corrected chi connectivity index (χ3v) is 3.82. The number of benzene rings is 1. The number of aromatic amines is 1. The zero-order valence-corrected chi connectivity index (χ0v) is 12.6. The second kappa shape index (κ2) is 4.69. The monoisotopic (exact) mass is 295 g/mol. The van der Waals surface area contributed by atoms with Crippen LogP contribution < -0.4 is 9.64 Å². The second-order valence-corrected chi connectivity index (χ2v) is 6.16. The molecule has 1 aromatic carbocycles. The van der Waals surface area contributed by atoms with Crippen LogP contribution in [-0.2, 0) is 6.54 Å². The maximum absolute atomic E-state index is 6.18. The Labute approximate surface area is 128 Å². The fraction of sp³-hybridized carbons (Fsp3) is 0.312. The van der Waals surface area contributed by atoms with Crippen LogP contribution >= 0.6 is 0 Å². The van der Waals surface area contributed by atoms with Crippen LogP contribution in [0.1, 0.15) is 19.4 Å². The fourth-order valence-electron chi connectivity index (χ4n) is 2.94. The van der Waals surface area contributed by atoms with E-state index in [9.17, 15) is 0 Å². The van der Waals surface area contributed by atoms with Crippen LogP contribution in [0.2, 0.25) is 0 Å². The van der Waals surface area contributed by atoms with Gasteiger partial charge in [0.1, 0.15) is 23.5 Å². The smallest absolute Gasteiger partial charge is 0.160 e. The summed E-state index contributed by atoms with van der Waals surface area (Å²) >= 11 is 0. The number of nitrogens with zero attached hydrogens (tertiary/aromatic N) is 4. The van der Waals surface area contributed by atoms with E-state index in [-0.39, 0.29) is 5.60 Å². The van der Waals surface area contributed by atoms with Gasteiger partial charge in [0.2, 0.25) is 0 Å². The molecule has 0 radical (unpaired) electrons. The molecule has 3 aromatic rings. The van der Waals surface area contributed by atoms with Gasteiger partial charge in [-0.2, -0.15) is 5.10 Å². The lowest BCUT2D eigenvalue weighted by molar-refractivity contribution is 0.121. The molecule has 1 N–H and O–H groups in total. The Morgan fingerprint density at radius 2 is 2.09 bits per heavy atom. The SMILES string of the molecule is CC1(C)CN(c2ncnc3[nH]ncc23)Cc2ccccc2O1. The molecule has 0 saturated heterocycles. The van der Waals surface area contributed by atoms with Crippen molar-refractivity contribution in [1.29, 1.82) is 0 Å². The molecule has 6 nitrogen and oxygen atoms in total. The third-order valence-electron chi connectivity index (χ3n) is 3.82. The van der Waals surface area contributed by atoms with Crippen LogP contribution in [-0.4, -0.2) is 32.3 Å². The van der Waals surface area contributed by atoms with Crippen LogP contribution in [0.5, 0.6) is 5.75 Å². The first kappa shape index (κ1) is 13.1. The molecule has 0 bridgehead atoms. The minimum absolute atomic E-state index is 0.312. The molecular weight excluding hydrogens is 278 g/mol. The van der Waals surface area contributed by atoms with E-state index < -0.39 is 0 Å². The number of H-pyrrole nitrogens is 1. The summed E-state index contributed by atoms with van der Waals surface area (Å²) in [5.74, 6) is 1.82. The highest BCUT2D eigenvalue weighted by Gasteiger charge is 2.30. The molecule has 3 heterocycles. The van der Waals surface area contributed by atoms with Crippen molar-refractivity contribution in [1.82, 2.24) is 20.2 Å². The zero-order valence-electron chi connectivity index (χ0n) is 12.6. The average Bonchev–Trinajstić information content (AvgIpc) is 2.91. The van der Waals surface area contributed by atoms with E-state index in [1.165, 1.54) is 0 Å². The molecule has 0 spiro atoms. The Hall–Kier alpha value is -2.63. The first-order chi connectivity index (χ1) is 10.6. The molecule has 0 atom stereocenters. The topological polar surface area (TPSA) is 66.9 Å². The molecular formula is C16H17N5O. The van der Waals surface area contributed by atoms with Gasteiger partial charge in [0.15, 0.2) is 5.65 Å². The van der Waals surface area contributed by atoms with E-state index >= 15 is 0 Å². The van der Waals surface area contributed by atoms with Gasteiger partial charge in [-0.3, -0.25) is 5.10 Å². The van der Waals surface area contributed by atoms with E-state index in [0.717, 1.165) is 41.3 Å².